The van der Waals surface area contributed by atoms with Crippen LogP contribution in [0.25, 0.3) is 0 Å². The highest BCUT2D eigenvalue weighted by molar-refractivity contribution is 4.50. The van der Waals surface area contributed by atoms with Gasteiger partial charge in [0, 0.05) is 0 Å². The number of hydrogen-bond acceptors (Lipinski definition) is 2. The maximum absolute atomic E-state index is 2.75. The van der Waals surface area contributed by atoms with Crippen LogP contribution in [-0.2, 0) is 0 Å². The summed E-state index contributed by atoms with van der Waals surface area (Å²) in [6, 6.07) is 0. The molecule has 0 spiro atoms. The van der Waals surface area contributed by atoms with Crippen molar-refractivity contribution >= 4 is 0 Å². The Morgan fingerprint density at radius 3 is 1.14 bits per heavy atom. The lowest BCUT2D eigenvalue weighted by Crippen LogP contribution is -1.89. The SMILES string of the molecule is C1CC1.CNC.N. The summed E-state index contributed by atoms with van der Waals surface area (Å²) in [7, 11) is 3.75. The molecule has 4 N–H and O–H groups in total. The van der Waals surface area contributed by atoms with Crippen LogP contribution >= 0.6 is 0 Å². The third kappa shape index (κ3) is 107. The summed E-state index contributed by atoms with van der Waals surface area (Å²) in [6.07, 6.45) is 4.50. The van der Waals surface area contributed by atoms with E-state index in [0.717, 1.165) is 0 Å². The summed E-state index contributed by atoms with van der Waals surface area (Å²) in [5, 5.41) is 2.75. The molecule has 2 heteroatoms. The monoisotopic (exact) mass is 104 g/mol. The summed E-state index contributed by atoms with van der Waals surface area (Å²) in [4.78, 5) is 0. The smallest absolute Gasteiger partial charge is 0.0167 e. The van der Waals surface area contributed by atoms with Crippen LogP contribution in [0.4, 0.5) is 0 Å². The minimum atomic E-state index is 0. The third-order valence-corrected chi connectivity index (χ3v) is 0.354. The van der Waals surface area contributed by atoms with Crippen molar-refractivity contribution in [2.24, 2.45) is 0 Å². The zero-order valence-corrected chi connectivity index (χ0v) is 5.33. The Labute approximate surface area is 45.9 Å². The molecule has 1 saturated carbocycles. The summed E-state index contributed by atoms with van der Waals surface area (Å²) in [5.41, 5.74) is 0. The first-order chi connectivity index (χ1) is 2.91. The van der Waals surface area contributed by atoms with Crippen molar-refractivity contribution < 1.29 is 0 Å². The second-order valence-electron chi connectivity index (χ2n) is 1.56. The zero-order valence-electron chi connectivity index (χ0n) is 5.33. The van der Waals surface area contributed by atoms with E-state index < -0.39 is 0 Å². The van der Waals surface area contributed by atoms with Gasteiger partial charge < -0.3 is 11.5 Å². The van der Waals surface area contributed by atoms with E-state index in [1.807, 2.05) is 14.1 Å². The van der Waals surface area contributed by atoms with Gasteiger partial charge in [-0.2, -0.15) is 0 Å². The summed E-state index contributed by atoms with van der Waals surface area (Å²) < 4.78 is 0. The van der Waals surface area contributed by atoms with Gasteiger partial charge >= 0.3 is 0 Å². The molecule has 2 nitrogen and oxygen atoms in total. The molecule has 0 aromatic carbocycles. The number of hydrogen-bond donors (Lipinski definition) is 2. The molecule has 46 valence electrons. The molecule has 0 amide bonds. The molecule has 1 fully saturated rings. The van der Waals surface area contributed by atoms with Crippen molar-refractivity contribution in [2.45, 2.75) is 19.3 Å². The lowest BCUT2D eigenvalue weighted by atomic mass is 11.0. The molecule has 0 aliphatic heterocycles. The molecular formula is C5H16N2. The largest absolute Gasteiger partial charge is 0.344 e. The van der Waals surface area contributed by atoms with Gasteiger partial charge in [0.05, 0.1) is 0 Å². The quantitative estimate of drug-likeness (QED) is 0.484. The average Bonchev–Trinajstić information content (AvgIpc) is 2.11. The van der Waals surface area contributed by atoms with Crippen LogP contribution in [0, 0.1) is 0 Å². The molecule has 0 bridgehead atoms. The van der Waals surface area contributed by atoms with E-state index in [2.05, 4.69) is 5.32 Å². The van der Waals surface area contributed by atoms with Crippen LogP contribution in [0.3, 0.4) is 0 Å². The van der Waals surface area contributed by atoms with Crippen molar-refractivity contribution in [3.05, 3.63) is 0 Å². The van der Waals surface area contributed by atoms with Crippen LogP contribution in [0.2, 0.25) is 0 Å². The van der Waals surface area contributed by atoms with Gasteiger partial charge in [0.15, 0.2) is 0 Å². The highest BCUT2D eigenvalue weighted by atomic mass is 14.7. The van der Waals surface area contributed by atoms with Crippen LogP contribution in [0.1, 0.15) is 19.3 Å². The highest BCUT2D eigenvalue weighted by Crippen LogP contribution is 2.14. The van der Waals surface area contributed by atoms with Crippen molar-refractivity contribution in [2.75, 3.05) is 14.1 Å². The van der Waals surface area contributed by atoms with Gasteiger partial charge in [0.2, 0.25) is 0 Å². The Morgan fingerprint density at radius 2 is 1.14 bits per heavy atom. The summed E-state index contributed by atoms with van der Waals surface area (Å²) >= 11 is 0. The van der Waals surface area contributed by atoms with Crippen molar-refractivity contribution in [1.82, 2.24) is 11.5 Å². The first-order valence-corrected chi connectivity index (χ1v) is 2.50. The standard InChI is InChI=1S/C3H6.C2H7N.H3N/c1-2-3-1;1-3-2;/h1-3H2;3H,1-2H3;1H3. The first kappa shape index (κ1) is 10.0. The lowest BCUT2D eigenvalue weighted by molar-refractivity contribution is 1.02. The van der Waals surface area contributed by atoms with Crippen molar-refractivity contribution in [3.8, 4) is 0 Å². The maximum Gasteiger partial charge on any atom is -0.0167 e. The second kappa shape index (κ2) is 9.33. The predicted octanol–water partition coefficient (Wildman–Crippen LogP) is 1.17. The average molecular weight is 104 g/mol. The molecule has 0 heterocycles. The van der Waals surface area contributed by atoms with Gasteiger partial charge in [-0.25, -0.2) is 0 Å². The lowest BCUT2D eigenvalue weighted by Gasteiger charge is -1.59. The Kier molecular flexibility index (Phi) is 13.3. The number of nitrogens with one attached hydrogen (secondary N) is 1. The Morgan fingerprint density at radius 1 is 1.00 bits per heavy atom. The minimum Gasteiger partial charge on any atom is -0.344 e. The van der Waals surface area contributed by atoms with E-state index in [1.54, 1.807) is 0 Å². The Bertz CT molecular complexity index is 17.3. The molecular weight excluding hydrogens is 88.1 g/mol. The number of rotatable bonds is 0. The molecule has 0 unspecified atom stereocenters. The molecule has 0 aromatic rings. The van der Waals surface area contributed by atoms with Crippen LogP contribution in [0.5, 0.6) is 0 Å². The van der Waals surface area contributed by atoms with Gasteiger partial charge in [-0.05, 0) is 14.1 Å². The van der Waals surface area contributed by atoms with Gasteiger partial charge in [0.25, 0.3) is 0 Å². The maximum atomic E-state index is 2.75. The van der Waals surface area contributed by atoms with Crippen molar-refractivity contribution in [1.29, 1.82) is 0 Å². The highest BCUT2D eigenvalue weighted by Gasteiger charge is 1.95. The summed E-state index contributed by atoms with van der Waals surface area (Å²) in [5.74, 6) is 0. The van der Waals surface area contributed by atoms with Gasteiger partial charge in [-0.3, -0.25) is 0 Å². The third-order valence-electron chi connectivity index (χ3n) is 0.354. The molecule has 7 heavy (non-hydrogen) atoms. The van der Waals surface area contributed by atoms with E-state index in [0.29, 0.717) is 0 Å². The van der Waals surface area contributed by atoms with Gasteiger partial charge in [-0.15, -0.1) is 0 Å². The zero-order chi connectivity index (χ0) is 4.83. The first-order valence-electron chi connectivity index (χ1n) is 2.50. The Balaban J connectivity index is 0. The van der Waals surface area contributed by atoms with Crippen LogP contribution < -0.4 is 11.5 Å². The normalized spacial score (nSPS) is 12.9. The van der Waals surface area contributed by atoms with Crippen LogP contribution in [0.15, 0.2) is 0 Å². The molecule has 0 radical (unpaired) electrons. The topological polar surface area (TPSA) is 47.0 Å². The molecule has 1 aliphatic carbocycles. The van der Waals surface area contributed by atoms with Crippen molar-refractivity contribution in [3.63, 3.8) is 0 Å². The fourth-order valence-corrected chi connectivity index (χ4v) is 0. The molecule has 0 saturated heterocycles. The Hall–Kier alpha value is -0.0800. The molecule has 1 rings (SSSR count). The minimum absolute atomic E-state index is 0. The predicted molar refractivity (Wildman–Crippen MR) is 33.9 cm³/mol. The second-order valence-corrected chi connectivity index (χ2v) is 1.56. The van der Waals surface area contributed by atoms with Crippen LogP contribution in [-0.4, -0.2) is 14.1 Å². The van der Waals surface area contributed by atoms with Gasteiger partial charge in [-0.1, -0.05) is 19.3 Å². The fraction of sp³-hybridized carbons (Fsp3) is 1.00. The molecule has 0 aromatic heterocycles. The van der Waals surface area contributed by atoms with E-state index in [1.165, 1.54) is 19.3 Å². The molecule has 0 atom stereocenters. The fourth-order valence-electron chi connectivity index (χ4n) is 0. The van der Waals surface area contributed by atoms with Gasteiger partial charge in [0.1, 0.15) is 0 Å². The van der Waals surface area contributed by atoms with E-state index >= 15 is 0 Å². The van der Waals surface area contributed by atoms with E-state index in [4.69, 9.17) is 0 Å². The van der Waals surface area contributed by atoms with E-state index in [-0.39, 0.29) is 6.15 Å². The summed E-state index contributed by atoms with van der Waals surface area (Å²) in [6.45, 7) is 0. The van der Waals surface area contributed by atoms with E-state index in [9.17, 15) is 0 Å². The molecule has 1 aliphatic rings.